The van der Waals surface area contributed by atoms with Crippen LogP contribution in [0, 0.1) is 0 Å². The molecular weight excluding hydrogens is 220 g/mol. The summed E-state index contributed by atoms with van der Waals surface area (Å²) in [6.45, 7) is 7.66. The van der Waals surface area contributed by atoms with Crippen LogP contribution in [0.2, 0.25) is 0 Å². The maximum atomic E-state index is 11.8. The van der Waals surface area contributed by atoms with E-state index in [2.05, 4.69) is 5.32 Å². The van der Waals surface area contributed by atoms with Crippen LogP contribution in [0.25, 0.3) is 0 Å². The zero-order valence-electron chi connectivity index (χ0n) is 11.8. The summed E-state index contributed by atoms with van der Waals surface area (Å²) in [5, 5.41) is 11.9. The first-order valence-electron chi connectivity index (χ1n) is 5.93. The van der Waals surface area contributed by atoms with Crippen LogP contribution in [0.4, 0.5) is 4.79 Å². The summed E-state index contributed by atoms with van der Waals surface area (Å²) in [5.74, 6) is 0. The van der Waals surface area contributed by atoms with Gasteiger partial charge in [-0.3, -0.25) is 0 Å². The van der Waals surface area contributed by atoms with Gasteiger partial charge in [0.05, 0.1) is 18.2 Å². The second-order valence-corrected chi connectivity index (χ2v) is 5.16. The van der Waals surface area contributed by atoms with E-state index in [1.165, 1.54) is 4.90 Å². The van der Waals surface area contributed by atoms with Crippen LogP contribution in [0.3, 0.4) is 0 Å². The molecule has 0 aliphatic carbocycles. The summed E-state index contributed by atoms with van der Waals surface area (Å²) in [6, 6.07) is -0.339. The van der Waals surface area contributed by atoms with E-state index < -0.39 is 0 Å². The van der Waals surface area contributed by atoms with Gasteiger partial charge in [0.2, 0.25) is 0 Å². The summed E-state index contributed by atoms with van der Waals surface area (Å²) >= 11 is 0. The molecule has 0 aromatic rings. The van der Waals surface area contributed by atoms with Crippen molar-refractivity contribution in [1.29, 1.82) is 0 Å². The van der Waals surface area contributed by atoms with E-state index in [4.69, 9.17) is 9.84 Å². The summed E-state index contributed by atoms with van der Waals surface area (Å²) < 4.78 is 5.31. The van der Waals surface area contributed by atoms with Crippen molar-refractivity contribution in [3.8, 4) is 0 Å². The molecule has 2 amide bonds. The molecule has 5 nitrogen and oxygen atoms in total. The first-order valence-corrected chi connectivity index (χ1v) is 5.93. The van der Waals surface area contributed by atoms with E-state index in [0.29, 0.717) is 0 Å². The fourth-order valence-corrected chi connectivity index (χ4v) is 1.51. The summed E-state index contributed by atoms with van der Waals surface area (Å²) in [5.41, 5.74) is -0.256. The number of carbonyl (C=O) groups excluding carboxylic acids is 1. The number of carbonyl (C=O) groups is 1. The number of aliphatic hydroxyl groups is 1. The Morgan fingerprint density at radius 1 is 1.47 bits per heavy atom. The topological polar surface area (TPSA) is 61.8 Å². The second kappa shape index (κ2) is 6.81. The maximum absolute atomic E-state index is 11.8. The highest BCUT2D eigenvalue weighted by Gasteiger charge is 2.23. The van der Waals surface area contributed by atoms with E-state index in [9.17, 15) is 4.79 Å². The van der Waals surface area contributed by atoms with E-state index in [1.54, 1.807) is 21.1 Å². The average Bonchev–Trinajstić information content (AvgIpc) is 2.25. The number of amides is 2. The van der Waals surface area contributed by atoms with Crippen LogP contribution < -0.4 is 5.32 Å². The predicted molar refractivity (Wildman–Crippen MR) is 68.0 cm³/mol. The van der Waals surface area contributed by atoms with Gasteiger partial charge in [0.25, 0.3) is 0 Å². The molecule has 2 unspecified atom stereocenters. The molecule has 0 aliphatic rings. The number of urea groups is 1. The van der Waals surface area contributed by atoms with Crippen molar-refractivity contribution in [1.82, 2.24) is 10.2 Å². The van der Waals surface area contributed by atoms with Gasteiger partial charge in [-0.2, -0.15) is 0 Å². The minimum atomic E-state index is -0.256. The highest BCUT2D eigenvalue weighted by molar-refractivity contribution is 5.74. The van der Waals surface area contributed by atoms with Crippen molar-refractivity contribution in [3.05, 3.63) is 0 Å². The molecule has 0 radical (unpaired) electrons. The number of nitrogens with zero attached hydrogens (tertiary/aromatic N) is 1. The van der Waals surface area contributed by atoms with Crippen LogP contribution in [0.1, 0.15) is 34.1 Å². The standard InChI is InChI=1S/C12H26N2O3/c1-9(7-12(3,4)17-6)13-11(16)14(5)10(2)8-15/h9-10,15H,7-8H2,1-6H3,(H,13,16). The van der Waals surface area contributed by atoms with Gasteiger partial charge < -0.3 is 20.1 Å². The lowest BCUT2D eigenvalue weighted by atomic mass is 10.00. The van der Waals surface area contributed by atoms with Crippen molar-refractivity contribution >= 4 is 6.03 Å². The quantitative estimate of drug-likeness (QED) is 0.740. The number of likely N-dealkylation sites (N-methyl/N-ethyl adjacent to an activating group) is 1. The van der Waals surface area contributed by atoms with Gasteiger partial charge in [-0.1, -0.05) is 0 Å². The van der Waals surface area contributed by atoms with Crippen LogP contribution >= 0.6 is 0 Å². The van der Waals surface area contributed by atoms with Crippen molar-refractivity contribution in [2.75, 3.05) is 20.8 Å². The third kappa shape index (κ3) is 5.89. The molecule has 0 saturated carbocycles. The van der Waals surface area contributed by atoms with Gasteiger partial charge in [0, 0.05) is 20.2 Å². The van der Waals surface area contributed by atoms with Gasteiger partial charge in [-0.15, -0.1) is 0 Å². The largest absolute Gasteiger partial charge is 0.394 e. The van der Waals surface area contributed by atoms with E-state index in [1.807, 2.05) is 20.8 Å². The molecule has 0 saturated heterocycles. The minimum Gasteiger partial charge on any atom is -0.394 e. The zero-order chi connectivity index (χ0) is 13.6. The van der Waals surface area contributed by atoms with Crippen molar-refractivity contribution < 1.29 is 14.6 Å². The monoisotopic (exact) mass is 246 g/mol. The van der Waals surface area contributed by atoms with E-state index in [0.717, 1.165) is 6.42 Å². The molecule has 0 aromatic carbocycles. The molecule has 0 rings (SSSR count). The lowest BCUT2D eigenvalue weighted by molar-refractivity contribution is 0.00903. The molecule has 2 N–H and O–H groups in total. The first kappa shape index (κ1) is 16.2. The Hall–Kier alpha value is -0.810. The zero-order valence-corrected chi connectivity index (χ0v) is 11.8. The van der Waals surface area contributed by atoms with Crippen molar-refractivity contribution in [2.24, 2.45) is 0 Å². The molecule has 0 heterocycles. The number of aliphatic hydroxyl groups excluding tert-OH is 1. The Morgan fingerprint density at radius 3 is 2.41 bits per heavy atom. The van der Waals surface area contributed by atoms with Gasteiger partial charge in [-0.25, -0.2) is 4.79 Å². The van der Waals surface area contributed by atoms with Gasteiger partial charge in [-0.05, 0) is 34.1 Å². The number of hydrogen-bond acceptors (Lipinski definition) is 3. The molecule has 5 heteroatoms. The third-order valence-electron chi connectivity index (χ3n) is 2.97. The minimum absolute atomic E-state index is 0.0193. The van der Waals surface area contributed by atoms with Crippen LogP contribution in [-0.2, 0) is 4.74 Å². The normalized spacial score (nSPS) is 15.2. The first-order chi connectivity index (χ1) is 7.73. The summed E-state index contributed by atoms with van der Waals surface area (Å²) in [6.07, 6.45) is 0.733. The SMILES string of the molecule is COC(C)(C)CC(C)NC(=O)N(C)C(C)CO. The Morgan fingerprint density at radius 2 is 2.00 bits per heavy atom. The predicted octanol–water partition coefficient (Wildman–Crippen LogP) is 1.21. The molecule has 17 heavy (non-hydrogen) atoms. The number of hydrogen-bond donors (Lipinski definition) is 2. The smallest absolute Gasteiger partial charge is 0.317 e. The van der Waals surface area contributed by atoms with Crippen LogP contribution in [0.15, 0.2) is 0 Å². The van der Waals surface area contributed by atoms with Crippen molar-refractivity contribution in [3.63, 3.8) is 0 Å². The molecule has 2 atom stereocenters. The molecular formula is C12H26N2O3. The number of ether oxygens (including phenoxy) is 1. The molecule has 0 aliphatic heterocycles. The molecule has 102 valence electrons. The Balaban J connectivity index is 4.21. The molecule has 0 fully saturated rings. The van der Waals surface area contributed by atoms with Gasteiger partial charge >= 0.3 is 6.03 Å². The lowest BCUT2D eigenvalue weighted by Crippen LogP contribution is -2.48. The maximum Gasteiger partial charge on any atom is 0.317 e. The Labute approximate surface area is 104 Å². The molecule has 0 bridgehead atoms. The number of methoxy groups -OCH3 is 1. The highest BCUT2D eigenvalue weighted by atomic mass is 16.5. The van der Waals surface area contributed by atoms with Crippen LogP contribution in [-0.4, -0.2) is 54.5 Å². The Kier molecular flexibility index (Phi) is 6.49. The summed E-state index contributed by atoms with van der Waals surface area (Å²) in [4.78, 5) is 13.3. The van der Waals surface area contributed by atoms with E-state index >= 15 is 0 Å². The average molecular weight is 246 g/mol. The highest BCUT2D eigenvalue weighted by Crippen LogP contribution is 2.15. The molecule has 0 aromatic heterocycles. The second-order valence-electron chi connectivity index (χ2n) is 5.16. The molecule has 0 spiro atoms. The number of rotatable bonds is 6. The Bertz CT molecular complexity index is 244. The fraction of sp³-hybridized carbons (Fsp3) is 0.917. The lowest BCUT2D eigenvalue weighted by Gasteiger charge is -2.30. The van der Waals surface area contributed by atoms with Gasteiger partial charge in [0.1, 0.15) is 0 Å². The van der Waals surface area contributed by atoms with E-state index in [-0.39, 0.29) is 30.3 Å². The fourth-order valence-electron chi connectivity index (χ4n) is 1.51. The van der Waals surface area contributed by atoms with Gasteiger partial charge in [0.15, 0.2) is 0 Å². The van der Waals surface area contributed by atoms with Crippen molar-refractivity contribution in [2.45, 2.75) is 51.8 Å². The van der Waals surface area contributed by atoms with Crippen LogP contribution in [0.5, 0.6) is 0 Å². The summed E-state index contributed by atoms with van der Waals surface area (Å²) in [7, 11) is 3.33. The third-order valence-corrected chi connectivity index (χ3v) is 2.97. The number of nitrogens with one attached hydrogen (secondary N) is 1.